The van der Waals surface area contributed by atoms with E-state index in [-0.39, 0.29) is 23.9 Å². The fourth-order valence-corrected chi connectivity index (χ4v) is 3.23. The highest BCUT2D eigenvalue weighted by Crippen LogP contribution is 2.31. The molecule has 0 saturated heterocycles. The SMILES string of the molecule is CCOc1cc(C=C2N=C(c3cccc(F)c3)OC2=O)ccc1OCc1cccc([N+](=O)[O-])c1. The number of carbonyl (C=O) groups excluding carboxylic acids is 1. The van der Waals surface area contributed by atoms with Crippen molar-refractivity contribution in [2.24, 2.45) is 4.99 Å². The van der Waals surface area contributed by atoms with E-state index in [0.29, 0.717) is 34.8 Å². The van der Waals surface area contributed by atoms with Crippen LogP contribution in [-0.2, 0) is 16.1 Å². The number of aliphatic imine (C=N–C) groups is 1. The van der Waals surface area contributed by atoms with Crippen LogP contribution >= 0.6 is 0 Å². The Morgan fingerprint density at radius 1 is 1.06 bits per heavy atom. The summed E-state index contributed by atoms with van der Waals surface area (Å²) in [6, 6.07) is 16.9. The first-order valence-electron chi connectivity index (χ1n) is 10.3. The van der Waals surface area contributed by atoms with Crippen LogP contribution in [0, 0.1) is 15.9 Å². The van der Waals surface area contributed by atoms with Gasteiger partial charge in [-0.05, 0) is 54.5 Å². The number of carbonyl (C=O) groups is 1. The van der Waals surface area contributed by atoms with Crippen LogP contribution in [0.2, 0.25) is 0 Å². The van der Waals surface area contributed by atoms with Gasteiger partial charge < -0.3 is 14.2 Å². The molecule has 1 aliphatic rings. The van der Waals surface area contributed by atoms with Crippen molar-refractivity contribution < 1.29 is 28.3 Å². The van der Waals surface area contributed by atoms with Crippen LogP contribution in [0.5, 0.6) is 11.5 Å². The van der Waals surface area contributed by atoms with E-state index in [2.05, 4.69) is 4.99 Å². The number of nitrogens with zero attached hydrogens (tertiary/aromatic N) is 2. The van der Waals surface area contributed by atoms with Gasteiger partial charge in [0.05, 0.1) is 11.5 Å². The molecule has 3 aromatic carbocycles. The summed E-state index contributed by atoms with van der Waals surface area (Å²) in [4.78, 5) is 26.9. The van der Waals surface area contributed by atoms with E-state index in [1.54, 1.807) is 36.4 Å². The van der Waals surface area contributed by atoms with Crippen LogP contribution in [-0.4, -0.2) is 23.4 Å². The summed E-state index contributed by atoms with van der Waals surface area (Å²) < 4.78 is 30.1. The van der Waals surface area contributed by atoms with Gasteiger partial charge in [-0.2, -0.15) is 0 Å². The van der Waals surface area contributed by atoms with Crippen LogP contribution in [0.3, 0.4) is 0 Å². The van der Waals surface area contributed by atoms with Crippen molar-refractivity contribution in [1.29, 1.82) is 0 Å². The lowest BCUT2D eigenvalue weighted by Crippen LogP contribution is -2.05. The molecule has 0 aliphatic carbocycles. The number of hydrogen-bond acceptors (Lipinski definition) is 7. The molecule has 0 aromatic heterocycles. The molecule has 0 amide bonds. The number of rotatable bonds is 8. The average Bonchev–Trinajstić information content (AvgIpc) is 3.19. The second kappa shape index (κ2) is 9.95. The molecular formula is C25H19FN2O6. The first-order chi connectivity index (χ1) is 16.4. The van der Waals surface area contributed by atoms with Gasteiger partial charge in [-0.15, -0.1) is 0 Å². The number of ether oxygens (including phenoxy) is 3. The lowest BCUT2D eigenvalue weighted by molar-refractivity contribution is -0.384. The van der Waals surface area contributed by atoms with Crippen LogP contribution in [0.4, 0.5) is 10.1 Å². The quantitative estimate of drug-likeness (QED) is 0.201. The second-order valence-electron chi connectivity index (χ2n) is 7.20. The molecular weight excluding hydrogens is 443 g/mol. The smallest absolute Gasteiger partial charge is 0.363 e. The van der Waals surface area contributed by atoms with Crippen molar-refractivity contribution in [2.45, 2.75) is 13.5 Å². The fraction of sp³-hybridized carbons (Fsp3) is 0.120. The maximum Gasteiger partial charge on any atom is 0.363 e. The predicted octanol–water partition coefficient (Wildman–Crippen LogP) is 5.06. The molecule has 0 atom stereocenters. The first kappa shape index (κ1) is 22.7. The van der Waals surface area contributed by atoms with E-state index in [1.165, 1.54) is 36.4 Å². The van der Waals surface area contributed by atoms with Crippen molar-refractivity contribution in [3.8, 4) is 11.5 Å². The Morgan fingerprint density at radius 2 is 1.88 bits per heavy atom. The van der Waals surface area contributed by atoms with E-state index >= 15 is 0 Å². The normalized spacial score (nSPS) is 14.0. The second-order valence-corrected chi connectivity index (χ2v) is 7.20. The summed E-state index contributed by atoms with van der Waals surface area (Å²) in [6.45, 7) is 2.30. The molecule has 34 heavy (non-hydrogen) atoms. The van der Waals surface area contributed by atoms with Crippen LogP contribution in [0.15, 0.2) is 77.4 Å². The van der Waals surface area contributed by atoms with Gasteiger partial charge >= 0.3 is 5.97 Å². The largest absolute Gasteiger partial charge is 0.490 e. The number of non-ortho nitro benzene ring substituents is 1. The molecule has 0 unspecified atom stereocenters. The average molecular weight is 462 g/mol. The summed E-state index contributed by atoms with van der Waals surface area (Å²) >= 11 is 0. The minimum Gasteiger partial charge on any atom is -0.490 e. The van der Waals surface area contributed by atoms with Crippen LogP contribution in [0.1, 0.15) is 23.6 Å². The molecule has 0 bridgehead atoms. The standard InChI is InChI=1S/C25H19FN2O6/c1-2-32-23-13-16(9-10-22(23)33-15-17-5-3-8-20(11-17)28(30)31)12-21-25(29)34-24(27-21)18-6-4-7-19(26)14-18/h3-14H,2,15H2,1H3. The zero-order chi connectivity index (χ0) is 24.1. The zero-order valence-corrected chi connectivity index (χ0v) is 18.1. The molecule has 8 nitrogen and oxygen atoms in total. The highest BCUT2D eigenvalue weighted by atomic mass is 19.1. The van der Waals surface area contributed by atoms with E-state index < -0.39 is 16.7 Å². The van der Waals surface area contributed by atoms with Gasteiger partial charge in [-0.1, -0.05) is 24.3 Å². The maximum absolute atomic E-state index is 13.5. The topological polar surface area (TPSA) is 100 Å². The number of cyclic esters (lactones) is 1. The third kappa shape index (κ3) is 5.26. The monoisotopic (exact) mass is 462 g/mol. The first-order valence-corrected chi connectivity index (χ1v) is 10.3. The molecule has 1 aliphatic heterocycles. The van der Waals surface area contributed by atoms with E-state index in [0.717, 1.165) is 0 Å². The van der Waals surface area contributed by atoms with Crippen molar-refractivity contribution in [3.63, 3.8) is 0 Å². The number of halogens is 1. The van der Waals surface area contributed by atoms with Crippen molar-refractivity contribution in [1.82, 2.24) is 0 Å². The molecule has 3 aromatic rings. The Hall–Kier alpha value is -4.53. The molecule has 0 N–H and O–H groups in total. The fourth-order valence-electron chi connectivity index (χ4n) is 3.23. The number of nitro benzene ring substituents is 1. The number of esters is 1. The van der Waals surface area contributed by atoms with Gasteiger partial charge in [0.2, 0.25) is 5.90 Å². The van der Waals surface area contributed by atoms with Gasteiger partial charge in [0.1, 0.15) is 12.4 Å². The molecule has 1 heterocycles. The number of benzene rings is 3. The van der Waals surface area contributed by atoms with Crippen molar-refractivity contribution >= 4 is 23.6 Å². The van der Waals surface area contributed by atoms with Crippen molar-refractivity contribution in [2.75, 3.05) is 6.61 Å². The lowest BCUT2D eigenvalue weighted by Gasteiger charge is -2.13. The molecule has 0 fully saturated rings. The Balaban J connectivity index is 1.55. The molecule has 4 rings (SSSR count). The van der Waals surface area contributed by atoms with Crippen LogP contribution < -0.4 is 9.47 Å². The van der Waals surface area contributed by atoms with E-state index in [4.69, 9.17) is 14.2 Å². The molecule has 0 saturated carbocycles. The minimum absolute atomic E-state index is 0.0188. The Labute approximate surface area is 194 Å². The van der Waals surface area contributed by atoms with E-state index in [9.17, 15) is 19.3 Å². The number of hydrogen-bond donors (Lipinski definition) is 0. The highest BCUT2D eigenvalue weighted by Gasteiger charge is 2.24. The Kier molecular flexibility index (Phi) is 6.63. The molecule has 0 radical (unpaired) electrons. The van der Waals surface area contributed by atoms with E-state index in [1.807, 2.05) is 6.92 Å². The summed E-state index contributed by atoms with van der Waals surface area (Å²) in [5.41, 5.74) is 1.65. The summed E-state index contributed by atoms with van der Waals surface area (Å²) in [6.07, 6.45) is 1.53. The van der Waals surface area contributed by atoms with Crippen molar-refractivity contribution in [3.05, 3.63) is 105 Å². The van der Waals surface area contributed by atoms with Gasteiger partial charge in [-0.3, -0.25) is 10.1 Å². The predicted molar refractivity (Wildman–Crippen MR) is 122 cm³/mol. The summed E-state index contributed by atoms with van der Waals surface area (Å²) in [5.74, 6) is -0.215. The maximum atomic E-state index is 13.5. The molecule has 172 valence electrons. The molecule has 0 spiro atoms. The number of nitro groups is 1. The van der Waals surface area contributed by atoms with Crippen LogP contribution in [0.25, 0.3) is 6.08 Å². The zero-order valence-electron chi connectivity index (χ0n) is 18.1. The highest BCUT2D eigenvalue weighted by molar-refractivity contribution is 6.12. The van der Waals surface area contributed by atoms with Gasteiger partial charge in [0.15, 0.2) is 17.2 Å². The Morgan fingerprint density at radius 3 is 2.65 bits per heavy atom. The lowest BCUT2D eigenvalue weighted by atomic mass is 10.1. The third-order valence-corrected chi connectivity index (χ3v) is 4.78. The minimum atomic E-state index is -0.650. The van der Waals surface area contributed by atoms with Gasteiger partial charge in [0.25, 0.3) is 5.69 Å². The van der Waals surface area contributed by atoms with Gasteiger partial charge in [0, 0.05) is 17.7 Å². The van der Waals surface area contributed by atoms with Gasteiger partial charge in [-0.25, -0.2) is 14.2 Å². The Bertz CT molecular complexity index is 1320. The summed E-state index contributed by atoms with van der Waals surface area (Å²) in [7, 11) is 0. The third-order valence-electron chi connectivity index (χ3n) is 4.78. The summed E-state index contributed by atoms with van der Waals surface area (Å²) in [5, 5.41) is 11.0. The molecule has 9 heteroatoms.